The van der Waals surface area contributed by atoms with Crippen molar-refractivity contribution in [2.75, 3.05) is 18.5 Å². The number of urea groups is 1. The van der Waals surface area contributed by atoms with E-state index < -0.39 is 12.0 Å². The third kappa shape index (κ3) is 5.32. The van der Waals surface area contributed by atoms with E-state index in [0.717, 1.165) is 0 Å². The maximum atomic E-state index is 12.6. The fraction of sp³-hybridized carbons (Fsp3) is 0.167. The highest BCUT2D eigenvalue weighted by Crippen LogP contribution is 2.23. The minimum atomic E-state index is -0.627. The molecule has 2 aromatic carbocycles. The Morgan fingerprint density at radius 2 is 1.80 bits per heavy atom. The van der Waals surface area contributed by atoms with Gasteiger partial charge in [-0.3, -0.25) is 9.59 Å². The number of ether oxygens (including phenoxy) is 1. The number of carbonyl (C=O) groups excluding carboxylic acids is 3. The summed E-state index contributed by atoms with van der Waals surface area (Å²) in [5, 5.41) is 5.29. The molecule has 2 rings (SSSR count). The van der Waals surface area contributed by atoms with Crippen molar-refractivity contribution in [3.63, 3.8) is 0 Å². The number of esters is 1. The Balaban J connectivity index is 2.14. The number of amides is 2. The number of ketones is 1. The molecule has 7 heteroatoms. The van der Waals surface area contributed by atoms with Crippen molar-refractivity contribution in [3.8, 4) is 0 Å². The van der Waals surface area contributed by atoms with Crippen LogP contribution in [0.3, 0.4) is 0 Å². The summed E-state index contributed by atoms with van der Waals surface area (Å²) in [6.07, 6.45) is 0. The highest BCUT2D eigenvalue weighted by Gasteiger charge is 2.16. The summed E-state index contributed by atoms with van der Waals surface area (Å²) in [6.45, 7) is 1.64. The summed E-state index contributed by atoms with van der Waals surface area (Å²) >= 11 is 5.98. The van der Waals surface area contributed by atoms with Crippen LogP contribution in [0.25, 0.3) is 0 Å². The van der Waals surface area contributed by atoms with Crippen LogP contribution in [0.15, 0.2) is 48.5 Å². The molecule has 0 aliphatic rings. The lowest BCUT2D eigenvalue weighted by Crippen LogP contribution is -2.34. The predicted molar refractivity (Wildman–Crippen MR) is 95.0 cm³/mol. The number of hydrogen-bond donors (Lipinski definition) is 2. The largest absolute Gasteiger partial charge is 0.465 e. The van der Waals surface area contributed by atoms with E-state index >= 15 is 0 Å². The number of anilines is 1. The monoisotopic (exact) mass is 360 g/mol. The van der Waals surface area contributed by atoms with Crippen LogP contribution < -0.4 is 10.6 Å². The van der Waals surface area contributed by atoms with Crippen LogP contribution in [-0.4, -0.2) is 30.9 Å². The van der Waals surface area contributed by atoms with Gasteiger partial charge in [-0.2, -0.15) is 0 Å². The van der Waals surface area contributed by atoms with E-state index in [-0.39, 0.29) is 24.5 Å². The van der Waals surface area contributed by atoms with Crippen molar-refractivity contribution >= 4 is 35.1 Å². The van der Waals surface area contributed by atoms with Crippen LogP contribution in [0.4, 0.5) is 10.5 Å². The van der Waals surface area contributed by atoms with Crippen molar-refractivity contribution in [3.05, 3.63) is 64.7 Å². The van der Waals surface area contributed by atoms with E-state index in [1.54, 1.807) is 43.3 Å². The standard InChI is InChI=1S/C18H17ClN2O4/c1-2-25-16(22)11-20-18(24)21-15-9-8-13(19)10-14(15)17(23)12-6-4-3-5-7-12/h3-10H,2,11H2,1H3,(H2,20,21,24). The molecule has 0 aliphatic heterocycles. The first kappa shape index (κ1) is 18.5. The first-order valence-corrected chi connectivity index (χ1v) is 7.99. The van der Waals surface area contributed by atoms with E-state index in [0.29, 0.717) is 16.3 Å². The number of hydrogen-bond acceptors (Lipinski definition) is 4. The Bertz CT molecular complexity index is 778. The number of nitrogens with one attached hydrogen (secondary N) is 2. The maximum Gasteiger partial charge on any atom is 0.325 e. The quantitative estimate of drug-likeness (QED) is 0.611. The van der Waals surface area contributed by atoms with Gasteiger partial charge in [0.1, 0.15) is 6.54 Å². The third-order valence-corrected chi connectivity index (χ3v) is 3.44. The van der Waals surface area contributed by atoms with Gasteiger partial charge in [-0.25, -0.2) is 4.79 Å². The molecule has 0 fully saturated rings. The fourth-order valence-corrected chi connectivity index (χ4v) is 2.26. The predicted octanol–water partition coefficient (Wildman–Crippen LogP) is 3.26. The van der Waals surface area contributed by atoms with Crippen LogP contribution in [-0.2, 0) is 9.53 Å². The average molecular weight is 361 g/mol. The molecule has 0 saturated heterocycles. The number of halogens is 1. The lowest BCUT2D eigenvalue weighted by Gasteiger charge is -2.12. The van der Waals surface area contributed by atoms with Gasteiger partial charge >= 0.3 is 12.0 Å². The molecule has 0 aromatic heterocycles. The molecule has 2 N–H and O–H groups in total. The van der Waals surface area contributed by atoms with Gasteiger partial charge in [-0.05, 0) is 25.1 Å². The molecule has 25 heavy (non-hydrogen) atoms. The molecule has 2 aromatic rings. The molecule has 0 heterocycles. The normalized spacial score (nSPS) is 10.0. The molecule has 0 saturated carbocycles. The van der Waals surface area contributed by atoms with E-state index in [9.17, 15) is 14.4 Å². The molecule has 0 unspecified atom stereocenters. The molecule has 0 bridgehead atoms. The fourth-order valence-electron chi connectivity index (χ4n) is 2.09. The summed E-state index contributed by atoms with van der Waals surface area (Å²) in [5.41, 5.74) is 1.02. The summed E-state index contributed by atoms with van der Waals surface area (Å²) in [5.74, 6) is -0.821. The van der Waals surface area contributed by atoms with E-state index in [4.69, 9.17) is 16.3 Å². The van der Waals surface area contributed by atoms with Crippen LogP contribution in [0.1, 0.15) is 22.8 Å². The van der Waals surface area contributed by atoms with Crippen LogP contribution in [0.2, 0.25) is 5.02 Å². The SMILES string of the molecule is CCOC(=O)CNC(=O)Nc1ccc(Cl)cc1C(=O)c1ccccc1. The minimum Gasteiger partial charge on any atom is -0.465 e. The second kappa shape index (κ2) is 8.84. The first-order valence-electron chi connectivity index (χ1n) is 7.61. The van der Waals surface area contributed by atoms with E-state index in [2.05, 4.69) is 10.6 Å². The third-order valence-electron chi connectivity index (χ3n) is 3.21. The van der Waals surface area contributed by atoms with Crippen molar-refractivity contribution in [1.82, 2.24) is 5.32 Å². The van der Waals surface area contributed by atoms with E-state index in [1.807, 2.05) is 0 Å². The summed E-state index contributed by atoms with van der Waals surface area (Å²) in [4.78, 5) is 35.9. The molecular formula is C18H17ClN2O4. The Labute approximate surface area is 150 Å². The van der Waals surface area contributed by atoms with Crippen molar-refractivity contribution < 1.29 is 19.1 Å². The van der Waals surface area contributed by atoms with Gasteiger partial charge in [0.05, 0.1) is 12.3 Å². The Hall–Kier alpha value is -2.86. The minimum absolute atomic E-state index is 0.231. The second-order valence-electron chi connectivity index (χ2n) is 5.00. The van der Waals surface area contributed by atoms with Crippen molar-refractivity contribution in [2.24, 2.45) is 0 Å². The molecular weight excluding hydrogens is 344 g/mol. The number of carbonyl (C=O) groups is 3. The second-order valence-corrected chi connectivity index (χ2v) is 5.43. The zero-order chi connectivity index (χ0) is 18.2. The molecule has 0 atom stereocenters. The smallest absolute Gasteiger partial charge is 0.325 e. The summed E-state index contributed by atoms with van der Waals surface area (Å²) in [6, 6.07) is 12.6. The van der Waals surface area contributed by atoms with E-state index in [1.165, 1.54) is 12.1 Å². The number of rotatable bonds is 6. The Morgan fingerprint density at radius 3 is 2.48 bits per heavy atom. The van der Waals surface area contributed by atoms with Crippen LogP contribution in [0.5, 0.6) is 0 Å². The van der Waals surface area contributed by atoms with Gasteiger partial charge in [0.25, 0.3) is 0 Å². The zero-order valence-corrected chi connectivity index (χ0v) is 14.3. The molecule has 0 spiro atoms. The van der Waals surface area contributed by atoms with Crippen molar-refractivity contribution in [1.29, 1.82) is 0 Å². The first-order chi connectivity index (χ1) is 12.0. The lowest BCUT2D eigenvalue weighted by molar-refractivity contribution is -0.141. The van der Waals surface area contributed by atoms with Gasteiger partial charge < -0.3 is 15.4 Å². The topological polar surface area (TPSA) is 84.5 Å². The van der Waals surface area contributed by atoms with Gasteiger partial charge in [-0.1, -0.05) is 41.9 Å². The average Bonchev–Trinajstić information content (AvgIpc) is 2.62. The molecule has 0 aliphatic carbocycles. The summed E-state index contributed by atoms with van der Waals surface area (Å²) in [7, 11) is 0. The summed E-state index contributed by atoms with van der Waals surface area (Å²) < 4.78 is 4.73. The van der Waals surface area contributed by atoms with Crippen LogP contribution in [0, 0.1) is 0 Å². The molecule has 0 radical (unpaired) electrons. The van der Waals surface area contributed by atoms with Gasteiger partial charge in [0.2, 0.25) is 0 Å². The molecule has 130 valence electrons. The van der Waals surface area contributed by atoms with Gasteiger partial charge in [0, 0.05) is 16.1 Å². The highest BCUT2D eigenvalue weighted by molar-refractivity contribution is 6.31. The Morgan fingerprint density at radius 1 is 1.08 bits per heavy atom. The zero-order valence-electron chi connectivity index (χ0n) is 13.5. The Kier molecular flexibility index (Phi) is 6.54. The van der Waals surface area contributed by atoms with Gasteiger partial charge in [-0.15, -0.1) is 0 Å². The molecule has 6 nitrogen and oxygen atoms in total. The van der Waals surface area contributed by atoms with Gasteiger partial charge in [0.15, 0.2) is 5.78 Å². The number of benzene rings is 2. The van der Waals surface area contributed by atoms with Crippen LogP contribution >= 0.6 is 11.6 Å². The maximum absolute atomic E-state index is 12.6. The molecule has 2 amide bonds. The van der Waals surface area contributed by atoms with Crippen molar-refractivity contribution in [2.45, 2.75) is 6.92 Å². The highest BCUT2D eigenvalue weighted by atomic mass is 35.5. The lowest BCUT2D eigenvalue weighted by atomic mass is 10.0.